The molecule has 0 aliphatic rings. The lowest BCUT2D eigenvalue weighted by molar-refractivity contribution is -0.390. The third kappa shape index (κ3) is 2.93. The number of pyridine rings is 1. The Morgan fingerprint density at radius 2 is 2.22 bits per heavy atom. The molecule has 1 aromatic heterocycles. The largest absolute Gasteiger partial charge is 0.469 e. The van der Waals surface area contributed by atoms with Crippen LogP contribution < -0.4 is 0 Å². The molecule has 1 heterocycles. The highest BCUT2D eigenvalue weighted by atomic mass is 19.3. The normalized spacial score (nSPS) is 10.5. The second kappa shape index (κ2) is 5.43. The third-order valence-corrected chi connectivity index (χ3v) is 2.07. The lowest BCUT2D eigenvalue weighted by Gasteiger charge is -2.06. The van der Waals surface area contributed by atoms with Crippen molar-refractivity contribution in [3.8, 4) is 0 Å². The number of hydrogen-bond donors (Lipinski definition) is 0. The van der Waals surface area contributed by atoms with Crippen molar-refractivity contribution < 1.29 is 27.6 Å². The molecule has 0 saturated carbocycles. The van der Waals surface area contributed by atoms with Gasteiger partial charge in [0, 0.05) is 11.6 Å². The minimum atomic E-state index is -3.17. The van der Waals surface area contributed by atoms with Gasteiger partial charge in [-0.3, -0.25) is 4.79 Å². The molecule has 0 N–H and O–H groups in total. The molecule has 98 valence electrons. The van der Waals surface area contributed by atoms with Gasteiger partial charge in [0.05, 0.1) is 19.1 Å². The number of hydrogen-bond acceptors (Lipinski definition) is 5. The molecule has 0 saturated heterocycles. The molecule has 0 aliphatic heterocycles. The molecule has 9 heteroatoms. The molecule has 0 fully saturated rings. The number of aromatic nitrogens is 1. The number of halogens is 3. The average molecular weight is 264 g/mol. The molecule has 0 atom stereocenters. The number of carbonyl (C=O) groups is 1. The minimum Gasteiger partial charge on any atom is -0.469 e. The maximum Gasteiger partial charge on any atom is 0.367 e. The zero-order chi connectivity index (χ0) is 13.9. The van der Waals surface area contributed by atoms with Gasteiger partial charge in [-0.2, -0.15) is 4.39 Å². The number of ether oxygens (including phenoxy) is 1. The van der Waals surface area contributed by atoms with Gasteiger partial charge in [-0.05, 0) is 9.91 Å². The summed E-state index contributed by atoms with van der Waals surface area (Å²) in [5, 5.41) is 10.4. The van der Waals surface area contributed by atoms with Crippen molar-refractivity contribution in [2.45, 2.75) is 12.8 Å². The summed E-state index contributed by atoms with van der Waals surface area (Å²) in [6, 6.07) is 0.437. The molecule has 0 aromatic carbocycles. The number of methoxy groups -OCH3 is 1. The molecule has 1 aromatic rings. The van der Waals surface area contributed by atoms with Crippen molar-refractivity contribution in [2.75, 3.05) is 7.11 Å². The molecule has 0 radical (unpaired) electrons. The number of nitro groups is 1. The summed E-state index contributed by atoms with van der Waals surface area (Å²) in [6.45, 7) is 0. The van der Waals surface area contributed by atoms with Gasteiger partial charge in [-0.1, -0.05) is 0 Å². The number of rotatable bonds is 4. The highest BCUT2D eigenvalue weighted by molar-refractivity contribution is 5.73. The molecular weight excluding hydrogens is 257 g/mol. The van der Waals surface area contributed by atoms with Crippen LogP contribution in [0.5, 0.6) is 0 Å². The van der Waals surface area contributed by atoms with Crippen LogP contribution in [0.1, 0.15) is 17.6 Å². The van der Waals surface area contributed by atoms with E-state index in [2.05, 4.69) is 9.72 Å². The quantitative estimate of drug-likeness (QED) is 0.358. The highest BCUT2D eigenvalue weighted by Gasteiger charge is 2.27. The summed E-state index contributed by atoms with van der Waals surface area (Å²) in [5.41, 5.74) is -1.65. The van der Waals surface area contributed by atoms with Gasteiger partial charge in [-0.15, -0.1) is 0 Å². The molecular formula is C9H7F3N2O4. The Morgan fingerprint density at radius 1 is 1.61 bits per heavy atom. The average Bonchev–Trinajstić information content (AvgIpc) is 2.30. The summed E-state index contributed by atoms with van der Waals surface area (Å²) in [5.74, 6) is -3.48. The van der Waals surface area contributed by atoms with E-state index in [0.717, 1.165) is 7.11 Å². The van der Waals surface area contributed by atoms with Crippen LogP contribution in [0.4, 0.5) is 19.0 Å². The highest BCUT2D eigenvalue weighted by Crippen LogP contribution is 2.28. The fourth-order valence-electron chi connectivity index (χ4n) is 1.23. The number of carbonyl (C=O) groups excluding carboxylic acids is 1. The van der Waals surface area contributed by atoms with Gasteiger partial charge in [0.15, 0.2) is 0 Å². The van der Waals surface area contributed by atoms with E-state index in [-0.39, 0.29) is 0 Å². The lowest BCUT2D eigenvalue weighted by Crippen LogP contribution is -2.11. The van der Waals surface area contributed by atoms with Gasteiger partial charge >= 0.3 is 17.7 Å². The first kappa shape index (κ1) is 13.9. The zero-order valence-corrected chi connectivity index (χ0v) is 9.02. The fourth-order valence-corrected chi connectivity index (χ4v) is 1.23. The van der Waals surface area contributed by atoms with Crippen molar-refractivity contribution in [2.24, 2.45) is 0 Å². The monoisotopic (exact) mass is 264 g/mol. The Balaban J connectivity index is 3.31. The fraction of sp³-hybridized carbons (Fsp3) is 0.333. The van der Waals surface area contributed by atoms with Crippen LogP contribution in [-0.2, 0) is 16.0 Å². The first-order valence-electron chi connectivity index (χ1n) is 4.55. The lowest BCUT2D eigenvalue weighted by atomic mass is 10.1. The van der Waals surface area contributed by atoms with Gasteiger partial charge < -0.3 is 14.9 Å². The topological polar surface area (TPSA) is 82.3 Å². The maximum atomic E-state index is 13.4. The van der Waals surface area contributed by atoms with E-state index < -0.39 is 46.6 Å². The van der Waals surface area contributed by atoms with Crippen LogP contribution in [0.25, 0.3) is 0 Å². The first-order chi connectivity index (χ1) is 8.36. The van der Waals surface area contributed by atoms with Crippen LogP contribution in [0, 0.1) is 16.1 Å². The van der Waals surface area contributed by atoms with E-state index in [9.17, 15) is 28.1 Å². The van der Waals surface area contributed by atoms with E-state index in [1.165, 1.54) is 0 Å². The molecule has 0 spiro atoms. The zero-order valence-electron chi connectivity index (χ0n) is 9.02. The van der Waals surface area contributed by atoms with Crippen LogP contribution in [0.15, 0.2) is 6.07 Å². The van der Waals surface area contributed by atoms with Crippen molar-refractivity contribution in [3.63, 3.8) is 0 Å². The van der Waals surface area contributed by atoms with Crippen LogP contribution >= 0.6 is 0 Å². The number of esters is 1. The molecule has 0 bridgehead atoms. The summed E-state index contributed by atoms with van der Waals surface area (Å²) in [6.07, 6.45) is -3.94. The summed E-state index contributed by atoms with van der Waals surface area (Å²) in [4.78, 5) is 23.1. The molecule has 1 rings (SSSR count). The van der Waals surface area contributed by atoms with E-state index in [0.29, 0.717) is 6.07 Å². The smallest absolute Gasteiger partial charge is 0.367 e. The van der Waals surface area contributed by atoms with E-state index in [1.807, 2.05) is 0 Å². The van der Waals surface area contributed by atoms with Crippen LogP contribution in [-0.4, -0.2) is 23.0 Å². The standard InChI is InChI=1S/C9H7F3N2O4/c1-18-7(15)3-5-4(8(10)11)2-6(14(16)17)13-9(5)12/h2,8H,3H2,1H3. The molecule has 0 amide bonds. The number of alkyl halides is 2. The molecule has 0 aliphatic carbocycles. The van der Waals surface area contributed by atoms with Gasteiger partial charge in [-0.25, -0.2) is 8.78 Å². The Hall–Kier alpha value is -2.19. The Morgan fingerprint density at radius 3 is 2.67 bits per heavy atom. The molecule has 6 nitrogen and oxygen atoms in total. The van der Waals surface area contributed by atoms with Gasteiger partial charge in [0.25, 0.3) is 6.43 Å². The minimum absolute atomic E-state index is 0.437. The second-order valence-electron chi connectivity index (χ2n) is 3.15. The summed E-state index contributed by atoms with van der Waals surface area (Å²) in [7, 11) is 1.00. The van der Waals surface area contributed by atoms with E-state index in [4.69, 9.17) is 0 Å². The number of nitrogens with zero attached hydrogens (tertiary/aromatic N) is 2. The SMILES string of the molecule is COC(=O)Cc1c(C(F)F)cc([N+](=O)[O-])nc1F. The van der Waals surface area contributed by atoms with Crippen LogP contribution in [0.2, 0.25) is 0 Å². The molecule has 18 heavy (non-hydrogen) atoms. The summed E-state index contributed by atoms with van der Waals surface area (Å²) < 4.78 is 42.9. The van der Waals surface area contributed by atoms with Crippen molar-refractivity contribution in [1.29, 1.82) is 0 Å². The molecule has 0 unspecified atom stereocenters. The van der Waals surface area contributed by atoms with Crippen molar-refractivity contribution in [3.05, 3.63) is 33.3 Å². The van der Waals surface area contributed by atoms with Gasteiger partial charge in [0.1, 0.15) is 0 Å². The van der Waals surface area contributed by atoms with E-state index >= 15 is 0 Å². The van der Waals surface area contributed by atoms with Crippen molar-refractivity contribution in [1.82, 2.24) is 4.98 Å². The summed E-state index contributed by atoms with van der Waals surface area (Å²) >= 11 is 0. The Bertz CT molecular complexity index is 493. The Labute approximate surface area is 98.5 Å². The Kier molecular flexibility index (Phi) is 4.18. The van der Waals surface area contributed by atoms with Gasteiger partial charge in [0.2, 0.25) is 0 Å². The maximum absolute atomic E-state index is 13.4. The predicted molar refractivity (Wildman–Crippen MR) is 51.5 cm³/mol. The van der Waals surface area contributed by atoms with Crippen molar-refractivity contribution >= 4 is 11.8 Å². The second-order valence-corrected chi connectivity index (χ2v) is 3.15. The van der Waals surface area contributed by atoms with Crippen LogP contribution in [0.3, 0.4) is 0 Å². The third-order valence-electron chi connectivity index (χ3n) is 2.07. The predicted octanol–water partition coefficient (Wildman–Crippen LogP) is 1.78. The first-order valence-corrected chi connectivity index (χ1v) is 4.55. The van der Waals surface area contributed by atoms with E-state index in [1.54, 1.807) is 0 Å².